The molecule has 8 nitrogen and oxygen atoms in total. The number of anilines is 1. The van der Waals surface area contributed by atoms with Crippen LogP contribution in [0.4, 0.5) is 23.7 Å². The van der Waals surface area contributed by atoms with Crippen LogP contribution in [0, 0.1) is 0 Å². The lowest BCUT2D eigenvalue weighted by Gasteiger charge is -2.20. The van der Waals surface area contributed by atoms with Crippen LogP contribution >= 0.6 is 8.15 Å². The van der Waals surface area contributed by atoms with Crippen molar-refractivity contribution in [2.24, 2.45) is 0 Å². The third-order valence-electron chi connectivity index (χ3n) is 3.64. The van der Waals surface area contributed by atoms with E-state index in [0.29, 0.717) is 5.69 Å². The fourth-order valence-electron chi connectivity index (χ4n) is 2.51. The van der Waals surface area contributed by atoms with Gasteiger partial charge in [0, 0.05) is 20.3 Å². The Bertz CT molecular complexity index is 686. The normalized spacial score (nSPS) is 18.2. The first kappa shape index (κ1) is 22.2. The van der Waals surface area contributed by atoms with E-state index in [1.807, 2.05) is 0 Å². The summed E-state index contributed by atoms with van der Waals surface area (Å²) in [6.45, 7) is 2.27. The molecular formula is C16H20F3N2O6P. The molecule has 0 spiro atoms. The zero-order chi connectivity index (χ0) is 20.9. The van der Waals surface area contributed by atoms with Gasteiger partial charge in [-0.3, -0.25) is 14.9 Å². The summed E-state index contributed by atoms with van der Waals surface area (Å²) in [7, 11) is -0.900. The predicted molar refractivity (Wildman–Crippen MR) is 93.8 cm³/mol. The molecule has 12 heteroatoms. The van der Waals surface area contributed by atoms with Gasteiger partial charge in [-0.15, -0.1) is 0 Å². The highest BCUT2D eigenvalue weighted by molar-refractivity contribution is 7.50. The van der Waals surface area contributed by atoms with Crippen molar-refractivity contribution in [1.82, 2.24) is 5.48 Å². The molecule has 156 valence electrons. The highest BCUT2D eigenvalue weighted by Gasteiger charge is 2.36. The Morgan fingerprint density at radius 1 is 1.39 bits per heavy atom. The van der Waals surface area contributed by atoms with Crippen molar-refractivity contribution in [3.8, 4) is 5.75 Å². The highest BCUT2D eigenvalue weighted by Crippen LogP contribution is 2.32. The second-order valence-corrected chi connectivity index (χ2v) is 7.97. The standard InChI is InChI=1S/C16H20F3N2O6P/c1-28(2)27-13(14(22)20-24)7-12-8-21(15(23)26-12)10-3-5-11(6-4-10)25-9-16(17,18)19/h3-6,12-13,24H,7-9H2,1-2H3,(H,20,22). The summed E-state index contributed by atoms with van der Waals surface area (Å²) < 4.78 is 51.9. The van der Waals surface area contributed by atoms with E-state index in [-0.39, 0.29) is 18.7 Å². The van der Waals surface area contributed by atoms with Gasteiger partial charge in [-0.05, 0) is 37.6 Å². The lowest BCUT2D eigenvalue weighted by atomic mass is 10.1. The van der Waals surface area contributed by atoms with Crippen LogP contribution in [-0.2, 0) is 14.1 Å². The number of rotatable bonds is 8. The summed E-state index contributed by atoms with van der Waals surface area (Å²) in [4.78, 5) is 25.1. The van der Waals surface area contributed by atoms with Crippen LogP contribution in [0.2, 0.25) is 0 Å². The molecule has 2 amide bonds. The second-order valence-electron chi connectivity index (χ2n) is 6.13. The first-order valence-electron chi connectivity index (χ1n) is 8.15. The average molecular weight is 424 g/mol. The quantitative estimate of drug-likeness (QED) is 0.379. The van der Waals surface area contributed by atoms with Gasteiger partial charge in [-0.25, -0.2) is 10.3 Å². The fraction of sp³-hybridized carbons (Fsp3) is 0.500. The van der Waals surface area contributed by atoms with Crippen LogP contribution in [-0.4, -0.2) is 62.1 Å². The summed E-state index contributed by atoms with van der Waals surface area (Å²) in [6.07, 6.45) is -6.70. The fourth-order valence-corrected chi connectivity index (χ4v) is 3.20. The minimum absolute atomic E-state index is 0.0116. The van der Waals surface area contributed by atoms with Crippen LogP contribution in [0.1, 0.15) is 6.42 Å². The molecule has 2 unspecified atom stereocenters. The summed E-state index contributed by atoms with van der Waals surface area (Å²) >= 11 is 0. The van der Waals surface area contributed by atoms with Crippen molar-refractivity contribution in [2.75, 3.05) is 31.4 Å². The Morgan fingerprint density at radius 3 is 2.57 bits per heavy atom. The highest BCUT2D eigenvalue weighted by atomic mass is 31.1. The maximum Gasteiger partial charge on any atom is 0.422 e. The molecule has 0 aliphatic carbocycles. The van der Waals surface area contributed by atoms with Gasteiger partial charge in [-0.1, -0.05) is 0 Å². The monoisotopic (exact) mass is 424 g/mol. The van der Waals surface area contributed by atoms with Crippen molar-refractivity contribution in [1.29, 1.82) is 0 Å². The van der Waals surface area contributed by atoms with Gasteiger partial charge < -0.3 is 14.0 Å². The molecule has 1 fully saturated rings. The molecule has 1 aliphatic rings. The third kappa shape index (κ3) is 6.50. The Balaban J connectivity index is 1.98. The van der Waals surface area contributed by atoms with Crippen LogP contribution in [0.25, 0.3) is 0 Å². The van der Waals surface area contributed by atoms with Gasteiger partial charge >= 0.3 is 12.3 Å². The topological polar surface area (TPSA) is 97.3 Å². The van der Waals surface area contributed by atoms with Gasteiger partial charge in [0.1, 0.15) is 18.0 Å². The van der Waals surface area contributed by atoms with Crippen LogP contribution in [0.15, 0.2) is 24.3 Å². The van der Waals surface area contributed by atoms with Crippen molar-refractivity contribution < 1.29 is 42.0 Å². The van der Waals surface area contributed by atoms with Crippen LogP contribution < -0.4 is 15.1 Å². The minimum atomic E-state index is -4.44. The summed E-state index contributed by atoms with van der Waals surface area (Å²) in [5.74, 6) is -0.727. The first-order chi connectivity index (χ1) is 13.1. The van der Waals surface area contributed by atoms with Gasteiger partial charge in [0.25, 0.3) is 5.91 Å². The number of ether oxygens (including phenoxy) is 2. The maximum atomic E-state index is 12.2. The van der Waals surface area contributed by atoms with Crippen molar-refractivity contribution in [3.05, 3.63) is 24.3 Å². The van der Waals surface area contributed by atoms with E-state index in [0.717, 1.165) is 0 Å². The van der Waals surface area contributed by atoms with E-state index >= 15 is 0 Å². The number of cyclic esters (lactones) is 1. The number of hydrogen-bond donors (Lipinski definition) is 2. The van der Waals surface area contributed by atoms with Crippen molar-refractivity contribution in [2.45, 2.75) is 24.8 Å². The molecule has 2 rings (SSSR count). The van der Waals surface area contributed by atoms with E-state index in [9.17, 15) is 22.8 Å². The van der Waals surface area contributed by atoms with E-state index in [1.54, 1.807) is 13.3 Å². The van der Waals surface area contributed by atoms with E-state index in [1.165, 1.54) is 34.6 Å². The van der Waals surface area contributed by atoms with Gasteiger partial charge in [-0.2, -0.15) is 13.2 Å². The molecule has 1 aliphatic heterocycles. The lowest BCUT2D eigenvalue weighted by Crippen LogP contribution is -2.37. The Labute approximate surface area is 160 Å². The lowest BCUT2D eigenvalue weighted by molar-refractivity contribution is -0.153. The van der Waals surface area contributed by atoms with E-state index in [4.69, 9.17) is 14.5 Å². The number of carbonyl (C=O) groups is 2. The van der Waals surface area contributed by atoms with Gasteiger partial charge in [0.2, 0.25) is 0 Å². The number of nitrogens with one attached hydrogen (secondary N) is 1. The molecule has 1 heterocycles. The number of hydroxylamine groups is 1. The van der Waals surface area contributed by atoms with Crippen molar-refractivity contribution >= 4 is 25.8 Å². The molecule has 1 saturated heterocycles. The number of halogens is 3. The third-order valence-corrected chi connectivity index (χ3v) is 4.32. The minimum Gasteiger partial charge on any atom is -0.484 e. The number of nitrogens with zero attached hydrogens (tertiary/aromatic N) is 1. The number of amides is 2. The smallest absolute Gasteiger partial charge is 0.422 e. The Hall–Kier alpha value is -2.10. The molecule has 0 bridgehead atoms. The second kappa shape index (κ2) is 9.40. The zero-order valence-corrected chi connectivity index (χ0v) is 16.0. The molecular weight excluding hydrogens is 404 g/mol. The molecule has 28 heavy (non-hydrogen) atoms. The average Bonchev–Trinajstić information content (AvgIpc) is 2.98. The molecule has 0 aromatic heterocycles. The largest absolute Gasteiger partial charge is 0.484 e. The molecule has 2 N–H and O–H groups in total. The van der Waals surface area contributed by atoms with E-state index < -0.39 is 45.1 Å². The number of hydrogen-bond acceptors (Lipinski definition) is 6. The first-order valence-corrected chi connectivity index (χ1v) is 10.3. The summed E-state index contributed by atoms with van der Waals surface area (Å²) in [6, 6.07) is 5.49. The predicted octanol–water partition coefficient (Wildman–Crippen LogP) is 2.89. The molecule has 1 aromatic rings. The van der Waals surface area contributed by atoms with Crippen LogP contribution in [0.5, 0.6) is 5.75 Å². The summed E-state index contributed by atoms with van der Waals surface area (Å²) in [5, 5.41) is 8.82. The van der Waals surface area contributed by atoms with Gasteiger partial charge in [0.15, 0.2) is 6.61 Å². The number of benzene rings is 1. The van der Waals surface area contributed by atoms with Crippen molar-refractivity contribution in [3.63, 3.8) is 0 Å². The number of carbonyl (C=O) groups excluding carboxylic acids is 2. The van der Waals surface area contributed by atoms with Crippen LogP contribution in [0.3, 0.4) is 0 Å². The zero-order valence-electron chi connectivity index (χ0n) is 15.1. The molecule has 0 saturated carbocycles. The van der Waals surface area contributed by atoms with Gasteiger partial charge in [0.05, 0.1) is 6.54 Å². The maximum absolute atomic E-state index is 12.2. The molecule has 0 radical (unpaired) electrons. The van der Waals surface area contributed by atoms with E-state index in [2.05, 4.69) is 4.74 Å². The molecule has 2 atom stereocenters. The molecule has 1 aromatic carbocycles. The number of alkyl halides is 3. The summed E-state index contributed by atoms with van der Waals surface area (Å²) in [5.41, 5.74) is 1.93. The Morgan fingerprint density at radius 2 is 2.04 bits per heavy atom. The SMILES string of the molecule is CP(C)OC(CC1CN(c2ccc(OCC(F)(F)F)cc2)C(=O)O1)C(=O)NO. The Kier molecular flexibility index (Phi) is 7.45.